The van der Waals surface area contributed by atoms with Crippen LogP contribution in [0.3, 0.4) is 0 Å². The predicted molar refractivity (Wildman–Crippen MR) is 53.1 cm³/mol. The number of nitrogen functional groups attached to an aromatic ring is 1. The Labute approximate surface area is 83.0 Å². The van der Waals surface area contributed by atoms with Crippen molar-refractivity contribution in [1.29, 1.82) is 0 Å². The molecular formula is C10H15N3O. The highest BCUT2D eigenvalue weighted by molar-refractivity contribution is 5.45. The number of anilines is 1. The van der Waals surface area contributed by atoms with Crippen LogP contribution in [0.25, 0.3) is 0 Å². The Morgan fingerprint density at radius 2 is 2.29 bits per heavy atom. The Hall–Kier alpha value is -1.03. The van der Waals surface area contributed by atoms with Crippen molar-refractivity contribution in [2.45, 2.75) is 31.2 Å². The molecule has 0 aromatic carbocycles. The Morgan fingerprint density at radius 3 is 2.93 bits per heavy atom. The standard InChI is InChI=1S/C10H15N3O/c11-9-5-12-13(8-3-4-14-6-8)10(9)7-1-2-7/h5,7-8H,1-4,6,11H2. The molecule has 1 unspecified atom stereocenters. The van der Waals surface area contributed by atoms with E-state index < -0.39 is 0 Å². The van der Waals surface area contributed by atoms with Crippen LogP contribution in [-0.4, -0.2) is 23.0 Å². The summed E-state index contributed by atoms with van der Waals surface area (Å²) in [4.78, 5) is 0. The molecule has 14 heavy (non-hydrogen) atoms. The normalized spacial score (nSPS) is 27.0. The molecule has 0 radical (unpaired) electrons. The van der Waals surface area contributed by atoms with Crippen LogP contribution in [0.2, 0.25) is 0 Å². The zero-order valence-corrected chi connectivity index (χ0v) is 8.15. The molecule has 0 spiro atoms. The summed E-state index contributed by atoms with van der Waals surface area (Å²) in [7, 11) is 0. The second-order valence-electron chi connectivity index (χ2n) is 4.22. The first kappa shape index (κ1) is 8.29. The molecule has 1 aliphatic carbocycles. The first-order valence-electron chi connectivity index (χ1n) is 5.27. The van der Waals surface area contributed by atoms with Crippen molar-refractivity contribution in [1.82, 2.24) is 9.78 Å². The summed E-state index contributed by atoms with van der Waals surface area (Å²) in [6.45, 7) is 1.65. The van der Waals surface area contributed by atoms with Crippen molar-refractivity contribution in [3.63, 3.8) is 0 Å². The summed E-state index contributed by atoms with van der Waals surface area (Å²) in [5.74, 6) is 0.665. The summed E-state index contributed by atoms with van der Waals surface area (Å²) in [5.41, 5.74) is 8.04. The van der Waals surface area contributed by atoms with E-state index in [0.29, 0.717) is 12.0 Å². The molecule has 1 aliphatic heterocycles. The lowest BCUT2D eigenvalue weighted by atomic mass is 10.2. The molecule has 2 fully saturated rings. The summed E-state index contributed by atoms with van der Waals surface area (Å²) in [6.07, 6.45) is 5.39. The molecule has 0 amide bonds. The molecule has 3 rings (SSSR count). The van der Waals surface area contributed by atoms with Gasteiger partial charge in [-0.1, -0.05) is 0 Å². The molecule has 2 heterocycles. The third-order valence-corrected chi connectivity index (χ3v) is 3.08. The lowest BCUT2D eigenvalue weighted by Crippen LogP contribution is -2.13. The van der Waals surface area contributed by atoms with Gasteiger partial charge in [0, 0.05) is 12.5 Å². The van der Waals surface area contributed by atoms with Crippen LogP contribution in [-0.2, 0) is 4.74 Å². The largest absolute Gasteiger partial charge is 0.396 e. The van der Waals surface area contributed by atoms with Gasteiger partial charge in [0.25, 0.3) is 0 Å². The smallest absolute Gasteiger partial charge is 0.0778 e. The number of hydrogen-bond acceptors (Lipinski definition) is 3. The number of ether oxygens (including phenoxy) is 1. The van der Waals surface area contributed by atoms with Crippen LogP contribution in [0.1, 0.15) is 36.9 Å². The topological polar surface area (TPSA) is 53.1 Å². The van der Waals surface area contributed by atoms with E-state index in [2.05, 4.69) is 9.78 Å². The number of aromatic nitrogens is 2. The quantitative estimate of drug-likeness (QED) is 0.770. The fraction of sp³-hybridized carbons (Fsp3) is 0.700. The van der Waals surface area contributed by atoms with Crippen LogP contribution < -0.4 is 5.73 Å². The third kappa shape index (κ3) is 1.21. The van der Waals surface area contributed by atoms with Crippen LogP contribution in [0.4, 0.5) is 5.69 Å². The van der Waals surface area contributed by atoms with Gasteiger partial charge in [-0.25, -0.2) is 0 Å². The van der Waals surface area contributed by atoms with E-state index in [1.807, 2.05) is 0 Å². The molecule has 0 bridgehead atoms. The molecule has 76 valence electrons. The summed E-state index contributed by atoms with van der Waals surface area (Å²) in [5, 5.41) is 4.37. The molecule has 2 aliphatic rings. The second kappa shape index (κ2) is 2.98. The molecule has 4 heteroatoms. The van der Waals surface area contributed by atoms with Crippen LogP contribution in [0.15, 0.2) is 6.20 Å². The van der Waals surface area contributed by atoms with Gasteiger partial charge in [0.05, 0.1) is 30.2 Å². The Balaban J connectivity index is 1.95. The van der Waals surface area contributed by atoms with Crippen LogP contribution >= 0.6 is 0 Å². The van der Waals surface area contributed by atoms with E-state index in [-0.39, 0.29) is 0 Å². The van der Waals surface area contributed by atoms with Crippen molar-refractivity contribution < 1.29 is 4.74 Å². The van der Waals surface area contributed by atoms with Crippen LogP contribution in [0, 0.1) is 0 Å². The predicted octanol–water partition coefficient (Wildman–Crippen LogP) is 1.30. The van der Waals surface area contributed by atoms with Crippen molar-refractivity contribution >= 4 is 5.69 Å². The maximum Gasteiger partial charge on any atom is 0.0778 e. The lowest BCUT2D eigenvalue weighted by Gasteiger charge is -2.12. The monoisotopic (exact) mass is 193 g/mol. The van der Waals surface area contributed by atoms with E-state index in [0.717, 1.165) is 25.3 Å². The van der Waals surface area contributed by atoms with Gasteiger partial charge in [-0.15, -0.1) is 0 Å². The van der Waals surface area contributed by atoms with Crippen molar-refractivity contribution in [3.05, 3.63) is 11.9 Å². The van der Waals surface area contributed by atoms with E-state index in [4.69, 9.17) is 10.5 Å². The Kier molecular flexibility index (Phi) is 1.77. The third-order valence-electron chi connectivity index (χ3n) is 3.08. The fourth-order valence-corrected chi connectivity index (χ4v) is 2.17. The summed E-state index contributed by atoms with van der Waals surface area (Å²) in [6, 6.07) is 0.419. The minimum Gasteiger partial charge on any atom is -0.396 e. The Morgan fingerprint density at radius 1 is 1.43 bits per heavy atom. The van der Waals surface area contributed by atoms with Gasteiger partial charge in [-0.2, -0.15) is 5.10 Å². The number of nitrogens with two attached hydrogens (primary N) is 1. The van der Waals surface area contributed by atoms with Crippen molar-refractivity contribution in [3.8, 4) is 0 Å². The van der Waals surface area contributed by atoms with Gasteiger partial charge < -0.3 is 10.5 Å². The number of nitrogens with zero attached hydrogens (tertiary/aromatic N) is 2. The van der Waals surface area contributed by atoms with Crippen molar-refractivity contribution in [2.24, 2.45) is 0 Å². The maximum atomic E-state index is 5.93. The zero-order chi connectivity index (χ0) is 9.54. The lowest BCUT2D eigenvalue weighted by molar-refractivity contribution is 0.184. The minimum atomic E-state index is 0.419. The highest BCUT2D eigenvalue weighted by Crippen LogP contribution is 2.43. The molecule has 1 saturated carbocycles. The first-order chi connectivity index (χ1) is 6.86. The molecule has 1 atom stereocenters. The van der Waals surface area contributed by atoms with E-state index in [1.54, 1.807) is 6.20 Å². The average molecular weight is 193 g/mol. The van der Waals surface area contributed by atoms with Gasteiger partial charge in [0.2, 0.25) is 0 Å². The molecule has 4 nitrogen and oxygen atoms in total. The molecule has 2 N–H and O–H groups in total. The van der Waals surface area contributed by atoms with E-state index in [9.17, 15) is 0 Å². The highest BCUT2D eigenvalue weighted by atomic mass is 16.5. The van der Waals surface area contributed by atoms with Crippen molar-refractivity contribution in [2.75, 3.05) is 18.9 Å². The Bertz CT molecular complexity index is 337. The van der Waals surface area contributed by atoms with Gasteiger partial charge >= 0.3 is 0 Å². The van der Waals surface area contributed by atoms with E-state index in [1.165, 1.54) is 18.5 Å². The number of hydrogen-bond donors (Lipinski definition) is 1. The van der Waals surface area contributed by atoms with E-state index >= 15 is 0 Å². The summed E-state index contributed by atoms with van der Waals surface area (Å²) < 4.78 is 7.47. The second-order valence-corrected chi connectivity index (χ2v) is 4.22. The van der Waals surface area contributed by atoms with Gasteiger partial charge in [0.1, 0.15) is 0 Å². The maximum absolute atomic E-state index is 5.93. The summed E-state index contributed by atoms with van der Waals surface area (Å²) >= 11 is 0. The SMILES string of the molecule is Nc1cnn(C2CCOC2)c1C1CC1. The first-order valence-corrected chi connectivity index (χ1v) is 5.27. The minimum absolute atomic E-state index is 0.419. The molecule has 1 aromatic rings. The molecular weight excluding hydrogens is 178 g/mol. The average Bonchev–Trinajstić information content (AvgIpc) is 2.75. The molecule has 1 aromatic heterocycles. The highest BCUT2D eigenvalue weighted by Gasteiger charge is 2.32. The van der Waals surface area contributed by atoms with Crippen LogP contribution in [0.5, 0.6) is 0 Å². The van der Waals surface area contributed by atoms with Gasteiger partial charge in [-0.05, 0) is 19.3 Å². The van der Waals surface area contributed by atoms with Gasteiger partial charge in [-0.3, -0.25) is 4.68 Å². The molecule has 1 saturated heterocycles. The van der Waals surface area contributed by atoms with Gasteiger partial charge in [0.15, 0.2) is 0 Å². The zero-order valence-electron chi connectivity index (χ0n) is 8.15. The fourth-order valence-electron chi connectivity index (χ4n) is 2.17. The number of rotatable bonds is 2.